The topological polar surface area (TPSA) is 78.6 Å². The molecule has 2 aromatic carbocycles. The Hall–Kier alpha value is -2.05. The number of benzene rings is 2. The van der Waals surface area contributed by atoms with Crippen LogP contribution in [0.25, 0.3) is 0 Å². The van der Waals surface area contributed by atoms with Crippen molar-refractivity contribution < 1.29 is 19.1 Å². The smallest absolute Gasteiger partial charge is 0.342 e. The third-order valence-electron chi connectivity index (χ3n) is 3.02. The van der Waals surface area contributed by atoms with E-state index in [0.717, 1.165) is 4.47 Å². The van der Waals surface area contributed by atoms with Crippen molar-refractivity contribution in [3.63, 3.8) is 0 Å². The molecule has 0 radical (unpaired) electrons. The molecule has 0 amide bonds. The maximum absolute atomic E-state index is 12.1. The van der Waals surface area contributed by atoms with Gasteiger partial charge in [0.1, 0.15) is 11.3 Å². The Morgan fingerprint density at radius 2 is 2.00 bits per heavy atom. The van der Waals surface area contributed by atoms with Crippen LogP contribution in [0.5, 0.6) is 5.75 Å². The molecule has 120 valence electrons. The van der Waals surface area contributed by atoms with Crippen molar-refractivity contribution in [3.8, 4) is 5.75 Å². The van der Waals surface area contributed by atoms with Crippen molar-refractivity contribution in [2.24, 2.45) is 0 Å². The Kier molecular flexibility index (Phi) is 5.63. The zero-order valence-electron chi connectivity index (χ0n) is 12.1. The molecule has 0 spiro atoms. The number of carbonyl (C=O) groups is 2. The maximum atomic E-state index is 12.1. The van der Waals surface area contributed by atoms with Crippen LogP contribution in [0.1, 0.15) is 20.7 Å². The van der Waals surface area contributed by atoms with E-state index in [4.69, 9.17) is 26.8 Å². The summed E-state index contributed by atoms with van der Waals surface area (Å²) < 4.78 is 10.9. The van der Waals surface area contributed by atoms with E-state index in [9.17, 15) is 9.59 Å². The van der Waals surface area contributed by atoms with Crippen LogP contribution in [-0.2, 0) is 4.74 Å². The molecule has 7 heteroatoms. The van der Waals surface area contributed by atoms with E-state index in [1.807, 2.05) is 0 Å². The molecule has 0 fully saturated rings. The number of carbonyl (C=O) groups excluding carboxylic acids is 2. The fraction of sp³-hybridized carbons (Fsp3) is 0.125. The number of hydrogen-bond acceptors (Lipinski definition) is 5. The molecule has 0 aliphatic heterocycles. The molecule has 0 aliphatic rings. The Morgan fingerprint density at radius 3 is 2.65 bits per heavy atom. The minimum absolute atomic E-state index is 0.105. The first kappa shape index (κ1) is 17.3. The van der Waals surface area contributed by atoms with Crippen LogP contribution in [0.4, 0.5) is 5.69 Å². The van der Waals surface area contributed by atoms with E-state index < -0.39 is 5.97 Å². The lowest BCUT2D eigenvalue weighted by atomic mass is 10.1. The molecule has 2 N–H and O–H groups in total. The number of ether oxygens (including phenoxy) is 2. The second kappa shape index (κ2) is 7.48. The van der Waals surface area contributed by atoms with E-state index >= 15 is 0 Å². The molecular weight excluding hydrogens is 386 g/mol. The summed E-state index contributed by atoms with van der Waals surface area (Å²) in [6.45, 7) is -0.388. The van der Waals surface area contributed by atoms with Gasteiger partial charge >= 0.3 is 5.97 Å². The molecular formula is C16H13BrClNO4. The fourth-order valence-corrected chi connectivity index (χ4v) is 2.41. The first-order valence-corrected chi connectivity index (χ1v) is 7.68. The van der Waals surface area contributed by atoms with Crippen LogP contribution in [0.3, 0.4) is 0 Å². The lowest BCUT2D eigenvalue weighted by molar-refractivity contribution is 0.0471. The van der Waals surface area contributed by atoms with Gasteiger partial charge in [-0.15, -0.1) is 0 Å². The number of hydrogen-bond donors (Lipinski definition) is 1. The summed E-state index contributed by atoms with van der Waals surface area (Å²) in [5.74, 6) is -0.806. The molecule has 2 aromatic rings. The highest BCUT2D eigenvalue weighted by molar-refractivity contribution is 9.10. The molecule has 0 atom stereocenters. The quantitative estimate of drug-likeness (QED) is 0.471. The van der Waals surface area contributed by atoms with Gasteiger partial charge in [-0.3, -0.25) is 4.79 Å². The number of anilines is 1. The predicted molar refractivity (Wildman–Crippen MR) is 91.2 cm³/mol. The zero-order chi connectivity index (χ0) is 17.0. The third kappa shape index (κ3) is 4.24. The predicted octanol–water partition coefficient (Wildman–Crippen LogP) is 3.73. The molecule has 0 aliphatic carbocycles. The lowest BCUT2D eigenvalue weighted by Gasteiger charge is -2.10. The molecule has 0 bridgehead atoms. The van der Waals surface area contributed by atoms with E-state index in [-0.39, 0.29) is 34.4 Å². The van der Waals surface area contributed by atoms with Gasteiger partial charge in [-0.2, -0.15) is 0 Å². The summed E-state index contributed by atoms with van der Waals surface area (Å²) in [5, 5.41) is 0.205. The van der Waals surface area contributed by atoms with Crippen molar-refractivity contribution in [2.45, 2.75) is 0 Å². The van der Waals surface area contributed by atoms with Gasteiger partial charge in [0.05, 0.1) is 17.8 Å². The van der Waals surface area contributed by atoms with Gasteiger partial charge in [0, 0.05) is 16.1 Å². The van der Waals surface area contributed by atoms with Gasteiger partial charge in [0.2, 0.25) is 0 Å². The summed E-state index contributed by atoms with van der Waals surface area (Å²) >= 11 is 9.18. The second-order valence-electron chi connectivity index (χ2n) is 4.58. The molecule has 23 heavy (non-hydrogen) atoms. The van der Waals surface area contributed by atoms with Crippen molar-refractivity contribution in [1.82, 2.24) is 0 Å². The molecule has 5 nitrogen and oxygen atoms in total. The van der Waals surface area contributed by atoms with Crippen molar-refractivity contribution in [2.75, 3.05) is 19.5 Å². The number of halogens is 2. The Morgan fingerprint density at radius 1 is 1.26 bits per heavy atom. The third-order valence-corrected chi connectivity index (χ3v) is 3.84. The van der Waals surface area contributed by atoms with Gasteiger partial charge < -0.3 is 15.2 Å². The molecule has 0 heterocycles. The van der Waals surface area contributed by atoms with Crippen molar-refractivity contribution >= 4 is 45.0 Å². The Labute approximate surface area is 146 Å². The van der Waals surface area contributed by atoms with Crippen LogP contribution in [-0.4, -0.2) is 25.5 Å². The van der Waals surface area contributed by atoms with Crippen LogP contribution in [0, 0.1) is 0 Å². The van der Waals surface area contributed by atoms with Crippen molar-refractivity contribution in [3.05, 3.63) is 57.0 Å². The Balaban J connectivity index is 2.11. The molecule has 2 rings (SSSR count). The Bertz CT molecular complexity index is 764. The summed E-state index contributed by atoms with van der Waals surface area (Å²) in [5.41, 5.74) is 6.48. The summed E-state index contributed by atoms with van der Waals surface area (Å²) in [4.78, 5) is 24.2. The van der Waals surface area contributed by atoms with Crippen LogP contribution >= 0.6 is 27.5 Å². The highest BCUT2D eigenvalue weighted by Gasteiger charge is 2.18. The van der Waals surface area contributed by atoms with Gasteiger partial charge in [0.15, 0.2) is 12.4 Å². The van der Waals surface area contributed by atoms with Crippen LogP contribution in [0.15, 0.2) is 40.9 Å². The first-order valence-electron chi connectivity index (χ1n) is 6.51. The summed E-state index contributed by atoms with van der Waals surface area (Å²) in [6, 6.07) is 9.58. The number of nitrogen functional groups attached to an aromatic ring is 1. The maximum Gasteiger partial charge on any atom is 0.342 e. The van der Waals surface area contributed by atoms with Gasteiger partial charge in [-0.1, -0.05) is 39.7 Å². The average Bonchev–Trinajstić information content (AvgIpc) is 2.54. The van der Waals surface area contributed by atoms with Gasteiger partial charge in [-0.05, 0) is 18.2 Å². The van der Waals surface area contributed by atoms with Crippen LogP contribution in [0.2, 0.25) is 5.02 Å². The summed E-state index contributed by atoms with van der Waals surface area (Å²) in [7, 11) is 1.39. The van der Waals surface area contributed by atoms with Crippen molar-refractivity contribution in [1.29, 1.82) is 0 Å². The number of rotatable bonds is 5. The fourth-order valence-electron chi connectivity index (χ4n) is 1.85. The first-order chi connectivity index (χ1) is 10.9. The van der Waals surface area contributed by atoms with Crippen LogP contribution < -0.4 is 10.5 Å². The monoisotopic (exact) mass is 397 g/mol. The molecule has 0 saturated carbocycles. The average molecular weight is 399 g/mol. The number of Topliss-reactive ketones (excluding diaryl/α,β-unsaturated/α-hetero) is 1. The highest BCUT2D eigenvalue weighted by atomic mass is 79.9. The van der Waals surface area contributed by atoms with E-state index in [0.29, 0.717) is 5.56 Å². The number of esters is 1. The van der Waals surface area contributed by atoms with Gasteiger partial charge in [0.25, 0.3) is 0 Å². The second-order valence-corrected chi connectivity index (χ2v) is 5.91. The standard InChI is InChI=1S/C16H13BrClNO4/c1-22-15-7-13(19)12(18)6-11(15)16(21)23-8-14(20)9-3-2-4-10(17)5-9/h2-7H,8,19H2,1H3. The SMILES string of the molecule is COc1cc(N)c(Cl)cc1C(=O)OCC(=O)c1cccc(Br)c1. The highest BCUT2D eigenvalue weighted by Crippen LogP contribution is 2.29. The largest absolute Gasteiger partial charge is 0.496 e. The number of nitrogens with two attached hydrogens (primary N) is 1. The number of ketones is 1. The van der Waals surface area contributed by atoms with E-state index in [1.54, 1.807) is 24.3 Å². The normalized spacial score (nSPS) is 10.2. The minimum atomic E-state index is -0.716. The number of methoxy groups -OCH3 is 1. The molecule has 0 unspecified atom stereocenters. The molecule has 0 saturated heterocycles. The molecule has 0 aromatic heterocycles. The van der Waals surface area contributed by atoms with E-state index in [1.165, 1.54) is 19.2 Å². The lowest BCUT2D eigenvalue weighted by Crippen LogP contribution is -2.15. The van der Waals surface area contributed by atoms with E-state index in [2.05, 4.69) is 15.9 Å². The zero-order valence-corrected chi connectivity index (χ0v) is 14.5. The summed E-state index contributed by atoms with van der Waals surface area (Å²) in [6.07, 6.45) is 0. The minimum Gasteiger partial charge on any atom is -0.496 e. The van der Waals surface area contributed by atoms with Gasteiger partial charge in [-0.25, -0.2) is 4.79 Å².